The van der Waals surface area contributed by atoms with Gasteiger partial charge in [-0.1, -0.05) is 17.8 Å². The van der Waals surface area contributed by atoms with E-state index < -0.39 is 23.8 Å². The largest absolute Gasteiger partial charge is 0.573 e. The Morgan fingerprint density at radius 2 is 2.16 bits per heavy atom. The first kappa shape index (κ1) is 14.4. The Morgan fingerprint density at radius 3 is 2.68 bits per heavy atom. The first-order valence-electron chi connectivity index (χ1n) is 4.65. The molecule has 0 saturated heterocycles. The van der Waals surface area contributed by atoms with Crippen LogP contribution in [0, 0.1) is 0 Å². The van der Waals surface area contributed by atoms with E-state index in [1.165, 1.54) is 0 Å². The molecule has 0 radical (unpaired) electrons. The maximum atomic E-state index is 12.2. The summed E-state index contributed by atoms with van der Waals surface area (Å²) in [6, 6.07) is 3.22. The molecule has 1 rings (SSSR count). The molecule has 0 aliphatic heterocycles. The summed E-state index contributed by atoms with van der Waals surface area (Å²) in [5.41, 5.74) is 7.97. The number of para-hydroxylation sites is 1. The third kappa shape index (κ3) is 4.25. The fourth-order valence-corrected chi connectivity index (χ4v) is 1.08. The number of nitrogens with zero attached hydrogens (tertiary/aromatic N) is 3. The molecular weight excluding hydrogens is 267 g/mol. The average Bonchev–Trinajstić information content (AvgIpc) is 2.31. The minimum Gasteiger partial charge on any atom is -0.419 e. The van der Waals surface area contributed by atoms with Crippen LogP contribution in [-0.4, -0.2) is 12.3 Å². The fourth-order valence-electron chi connectivity index (χ4n) is 1.08. The number of benzene rings is 1. The molecule has 0 unspecified atom stereocenters. The van der Waals surface area contributed by atoms with Gasteiger partial charge in [-0.3, -0.25) is 0 Å². The minimum absolute atomic E-state index is 0.320. The lowest BCUT2D eigenvalue weighted by atomic mass is 10.3. The van der Waals surface area contributed by atoms with E-state index in [1.807, 2.05) is 0 Å². The SMILES string of the molecule is C=CC(=O)Oc1c(N=[N+]=[N-])cccc1OC(F)(F)F. The van der Waals surface area contributed by atoms with Crippen LogP contribution in [0.4, 0.5) is 18.9 Å². The summed E-state index contributed by atoms with van der Waals surface area (Å²) in [5.74, 6) is -2.46. The predicted molar refractivity (Wildman–Crippen MR) is 57.8 cm³/mol. The molecule has 0 atom stereocenters. The van der Waals surface area contributed by atoms with Crippen molar-refractivity contribution >= 4 is 11.7 Å². The molecule has 1 aromatic carbocycles. The molecule has 19 heavy (non-hydrogen) atoms. The molecule has 0 aliphatic carbocycles. The van der Waals surface area contributed by atoms with Gasteiger partial charge in [-0.2, -0.15) is 0 Å². The highest BCUT2D eigenvalue weighted by molar-refractivity contribution is 5.85. The third-order valence-corrected chi connectivity index (χ3v) is 1.71. The Hall–Kier alpha value is -2.67. The van der Waals surface area contributed by atoms with Crippen molar-refractivity contribution in [1.82, 2.24) is 0 Å². The van der Waals surface area contributed by atoms with E-state index in [-0.39, 0.29) is 5.69 Å². The van der Waals surface area contributed by atoms with Crippen LogP contribution in [0.3, 0.4) is 0 Å². The van der Waals surface area contributed by atoms with Crippen molar-refractivity contribution in [3.8, 4) is 11.5 Å². The number of carbonyl (C=O) groups is 1. The van der Waals surface area contributed by atoms with Crippen molar-refractivity contribution < 1.29 is 27.4 Å². The van der Waals surface area contributed by atoms with Gasteiger partial charge in [0.1, 0.15) is 0 Å². The molecule has 0 bridgehead atoms. The zero-order valence-electron chi connectivity index (χ0n) is 9.22. The Bertz CT molecular complexity index is 551. The van der Waals surface area contributed by atoms with Crippen molar-refractivity contribution in [2.45, 2.75) is 6.36 Å². The molecule has 9 heteroatoms. The second kappa shape index (κ2) is 5.78. The van der Waals surface area contributed by atoms with Gasteiger partial charge < -0.3 is 9.47 Å². The first-order chi connectivity index (χ1) is 8.87. The van der Waals surface area contributed by atoms with Gasteiger partial charge in [0.2, 0.25) is 0 Å². The van der Waals surface area contributed by atoms with Crippen molar-refractivity contribution in [1.29, 1.82) is 0 Å². The number of halogens is 3. The van der Waals surface area contributed by atoms with E-state index in [0.29, 0.717) is 0 Å². The molecule has 0 saturated carbocycles. The van der Waals surface area contributed by atoms with Crippen molar-refractivity contribution in [3.63, 3.8) is 0 Å². The number of alkyl halides is 3. The molecule has 6 nitrogen and oxygen atoms in total. The average molecular weight is 273 g/mol. The third-order valence-electron chi connectivity index (χ3n) is 1.71. The smallest absolute Gasteiger partial charge is 0.419 e. The van der Waals surface area contributed by atoms with Crippen LogP contribution in [0.2, 0.25) is 0 Å². The van der Waals surface area contributed by atoms with E-state index >= 15 is 0 Å². The van der Waals surface area contributed by atoms with Gasteiger partial charge >= 0.3 is 12.3 Å². The number of esters is 1. The molecule has 0 aromatic heterocycles. The van der Waals surface area contributed by atoms with Gasteiger partial charge in [-0.25, -0.2) is 4.79 Å². The Kier molecular flexibility index (Phi) is 4.38. The van der Waals surface area contributed by atoms with E-state index in [2.05, 4.69) is 26.1 Å². The zero-order chi connectivity index (χ0) is 14.5. The maximum absolute atomic E-state index is 12.2. The standard InChI is InChI=1S/C10H6F3N3O3/c1-2-8(17)18-9-6(15-16-14)4-3-5-7(9)19-10(11,12)13/h2-5H,1H2. The summed E-state index contributed by atoms with van der Waals surface area (Å²) in [6.07, 6.45) is -4.24. The van der Waals surface area contributed by atoms with Crippen LogP contribution in [0.25, 0.3) is 10.4 Å². The molecule has 0 amide bonds. The summed E-state index contributed by atoms with van der Waals surface area (Å²) in [7, 11) is 0. The van der Waals surface area contributed by atoms with Gasteiger partial charge in [-0.05, 0) is 17.7 Å². The maximum Gasteiger partial charge on any atom is 0.573 e. The summed E-state index contributed by atoms with van der Waals surface area (Å²) >= 11 is 0. The number of ether oxygens (including phenoxy) is 2. The Morgan fingerprint density at radius 1 is 1.47 bits per heavy atom. The van der Waals surface area contributed by atoms with Gasteiger partial charge in [0.25, 0.3) is 0 Å². The second-order valence-corrected chi connectivity index (χ2v) is 2.97. The molecule has 1 aromatic rings. The Labute approximate surface area is 104 Å². The molecule has 0 heterocycles. The highest BCUT2D eigenvalue weighted by atomic mass is 19.4. The highest BCUT2D eigenvalue weighted by Crippen LogP contribution is 2.40. The van der Waals surface area contributed by atoms with Crippen molar-refractivity contribution in [3.05, 3.63) is 41.3 Å². The zero-order valence-corrected chi connectivity index (χ0v) is 9.22. The summed E-state index contributed by atoms with van der Waals surface area (Å²) in [4.78, 5) is 13.5. The first-order valence-corrected chi connectivity index (χ1v) is 4.65. The lowest BCUT2D eigenvalue weighted by molar-refractivity contribution is -0.275. The lowest BCUT2D eigenvalue weighted by Gasteiger charge is -2.13. The molecule has 0 aliphatic rings. The monoisotopic (exact) mass is 273 g/mol. The van der Waals surface area contributed by atoms with Crippen LogP contribution in [0.1, 0.15) is 0 Å². The van der Waals surface area contributed by atoms with Crippen molar-refractivity contribution in [2.75, 3.05) is 0 Å². The molecule has 0 N–H and O–H groups in total. The summed E-state index contributed by atoms with van der Waals surface area (Å²) in [5, 5.41) is 3.11. The number of hydrogen-bond donors (Lipinski definition) is 0. The lowest BCUT2D eigenvalue weighted by Crippen LogP contribution is -2.18. The second-order valence-electron chi connectivity index (χ2n) is 2.97. The van der Waals surface area contributed by atoms with Crippen LogP contribution in [-0.2, 0) is 4.79 Å². The van der Waals surface area contributed by atoms with Crippen LogP contribution < -0.4 is 9.47 Å². The highest BCUT2D eigenvalue weighted by Gasteiger charge is 2.33. The number of rotatable bonds is 4. The van der Waals surface area contributed by atoms with Crippen LogP contribution >= 0.6 is 0 Å². The van der Waals surface area contributed by atoms with E-state index in [9.17, 15) is 18.0 Å². The van der Waals surface area contributed by atoms with E-state index in [4.69, 9.17) is 5.53 Å². The summed E-state index contributed by atoms with van der Waals surface area (Å²) in [6.45, 7) is 3.10. The van der Waals surface area contributed by atoms with Crippen molar-refractivity contribution in [2.24, 2.45) is 5.11 Å². The number of carbonyl (C=O) groups excluding carboxylic acids is 1. The number of hydrogen-bond acceptors (Lipinski definition) is 4. The molecule has 100 valence electrons. The van der Waals surface area contributed by atoms with Gasteiger partial charge in [0.15, 0.2) is 11.5 Å². The minimum atomic E-state index is -4.98. The van der Waals surface area contributed by atoms with Gasteiger partial charge in [0, 0.05) is 11.0 Å². The fraction of sp³-hybridized carbons (Fsp3) is 0.100. The van der Waals surface area contributed by atoms with Gasteiger partial charge in [-0.15, -0.1) is 13.2 Å². The number of azide groups is 1. The molecular formula is C10H6F3N3O3. The Balaban J connectivity index is 3.28. The molecule has 0 fully saturated rings. The van der Waals surface area contributed by atoms with Crippen LogP contribution in [0.15, 0.2) is 36.0 Å². The quantitative estimate of drug-likeness (QED) is 0.210. The topological polar surface area (TPSA) is 84.3 Å². The van der Waals surface area contributed by atoms with E-state index in [0.717, 1.165) is 24.3 Å². The van der Waals surface area contributed by atoms with E-state index in [1.54, 1.807) is 0 Å². The summed E-state index contributed by atoms with van der Waals surface area (Å²) < 4.78 is 44.8. The predicted octanol–water partition coefficient (Wildman–Crippen LogP) is 3.62. The molecule has 0 spiro atoms. The van der Waals surface area contributed by atoms with Gasteiger partial charge in [0.05, 0.1) is 5.69 Å². The van der Waals surface area contributed by atoms with Crippen LogP contribution in [0.5, 0.6) is 11.5 Å². The normalized spacial score (nSPS) is 10.3.